The Labute approximate surface area is 122 Å². The fourth-order valence-corrected chi connectivity index (χ4v) is 4.27. The van der Waals surface area contributed by atoms with Gasteiger partial charge in [-0.25, -0.2) is 0 Å². The number of rotatable bonds is 3. The van der Waals surface area contributed by atoms with Crippen molar-refractivity contribution in [1.29, 1.82) is 0 Å². The Morgan fingerprint density at radius 2 is 1.70 bits per heavy atom. The standard InChI is InChI=1S/C17H24O2Si/c1-17(2,3)20(4,5)16-14(11-18)15(12-19-16)13-9-7-6-8-10-13/h6-10,12,18H,11H2,1-5H3. The number of aliphatic hydroxyl groups excluding tert-OH is 1. The Morgan fingerprint density at radius 3 is 2.20 bits per heavy atom. The van der Waals surface area contributed by atoms with Gasteiger partial charge in [0.25, 0.3) is 0 Å². The van der Waals surface area contributed by atoms with Crippen molar-refractivity contribution in [1.82, 2.24) is 0 Å². The molecular formula is C17H24O2Si. The van der Waals surface area contributed by atoms with Gasteiger partial charge in [0.2, 0.25) is 0 Å². The minimum Gasteiger partial charge on any atom is -0.473 e. The van der Waals surface area contributed by atoms with Crippen LogP contribution in [0, 0.1) is 0 Å². The lowest BCUT2D eigenvalue weighted by Crippen LogP contribution is -2.50. The molecule has 0 aliphatic carbocycles. The van der Waals surface area contributed by atoms with Crippen molar-refractivity contribution in [3.05, 3.63) is 42.2 Å². The van der Waals surface area contributed by atoms with Gasteiger partial charge in [0, 0.05) is 11.1 Å². The lowest BCUT2D eigenvalue weighted by Gasteiger charge is -2.35. The molecule has 0 saturated heterocycles. The van der Waals surface area contributed by atoms with Crippen LogP contribution in [0.3, 0.4) is 0 Å². The summed E-state index contributed by atoms with van der Waals surface area (Å²) in [6, 6.07) is 10.1. The summed E-state index contributed by atoms with van der Waals surface area (Å²) in [7, 11) is -1.79. The molecular weight excluding hydrogens is 264 g/mol. The highest BCUT2D eigenvalue weighted by Gasteiger charge is 2.42. The summed E-state index contributed by atoms with van der Waals surface area (Å²) in [5.41, 5.74) is 3.08. The number of hydrogen-bond donors (Lipinski definition) is 1. The van der Waals surface area contributed by atoms with E-state index in [1.807, 2.05) is 18.2 Å². The zero-order valence-corrected chi connectivity index (χ0v) is 14.0. The Morgan fingerprint density at radius 1 is 1.10 bits per heavy atom. The van der Waals surface area contributed by atoms with E-state index in [1.165, 1.54) is 0 Å². The normalized spacial score (nSPS) is 12.7. The molecule has 1 heterocycles. The highest BCUT2D eigenvalue weighted by Crippen LogP contribution is 2.38. The molecule has 1 aromatic heterocycles. The number of aliphatic hydroxyl groups is 1. The van der Waals surface area contributed by atoms with Crippen molar-refractivity contribution >= 4 is 13.5 Å². The molecule has 0 atom stereocenters. The molecule has 2 nitrogen and oxygen atoms in total. The van der Waals surface area contributed by atoms with Crippen LogP contribution in [-0.4, -0.2) is 13.2 Å². The van der Waals surface area contributed by atoms with Crippen LogP contribution in [0.4, 0.5) is 0 Å². The lowest BCUT2D eigenvalue weighted by atomic mass is 10.1. The summed E-state index contributed by atoms with van der Waals surface area (Å²) in [6.45, 7) is 11.4. The van der Waals surface area contributed by atoms with E-state index in [0.29, 0.717) is 0 Å². The van der Waals surface area contributed by atoms with Gasteiger partial charge in [-0.15, -0.1) is 0 Å². The van der Waals surface area contributed by atoms with Gasteiger partial charge in [-0.2, -0.15) is 0 Å². The quantitative estimate of drug-likeness (QED) is 0.861. The Hall–Kier alpha value is -1.32. The van der Waals surface area contributed by atoms with E-state index in [9.17, 15) is 5.11 Å². The van der Waals surface area contributed by atoms with Crippen LogP contribution >= 0.6 is 0 Å². The number of hydrogen-bond acceptors (Lipinski definition) is 2. The smallest absolute Gasteiger partial charge is 0.132 e. The minimum atomic E-state index is -1.79. The molecule has 0 aliphatic heterocycles. The van der Waals surface area contributed by atoms with E-state index in [-0.39, 0.29) is 11.6 Å². The predicted octanol–water partition coefficient (Wildman–Crippen LogP) is 4.15. The van der Waals surface area contributed by atoms with Crippen LogP contribution in [0.1, 0.15) is 26.3 Å². The number of furan rings is 1. The van der Waals surface area contributed by atoms with E-state index >= 15 is 0 Å². The van der Waals surface area contributed by atoms with Crippen LogP contribution in [0.5, 0.6) is 0 Å². The van der Waals surface area contributed by atoms with Crippen molar-refractivity contribution in [2.75, 3.05) is 0 Å². The molecule has 0 aliphatic rings. The molecule has 0 amide bonds. The van der Waals surface area contributed by atoms with Crippen molar-refractivity contribution in [3.8, 4) is 11.1 Å². The maximum Gasteiger partial charge on any atom is 0.132 e. The van der Waals surface area contributed by atoms with Crippen molar-refractivity contribution in [2.24, 2.45) is 0 Å². The molecule has 3 heteroatoms. The van der Waals surface area contributed by atoms with Gasteiger partial charge >= 0.3 is 0 Å². The van der Waals surface area contributed by atoms with Crippen molar-refractivity contribution in [2.45, 2.75) is 45.5 Å². The average molecular weight is 288 g/mol. The highest BCUT2D eigenvalue weighted by atomic mass is 28.3. The van der Waals surface area contributed by atoms with E-state index in [4.69, 9.17) is 4.42 Å². The zero-order valence-electron chi connectivity index (χ0n) is 13.0. The van der Waals surface area contributed by atoms with E-state index in [0.717, 1.165) is 22.1 Å². The highest BCUT2D eigenvalue weighted by molar-refractivity contribution is 6.91. The molecule has 1 aromatic carbocycles. The summed E-state index contributed by atoms with van der Waals surface area (Å²) < 4.78 is 5.93. The van der Waals surface area contributed by atoms with Crippen molar-refractivity contribution in [3.63, 3.8) is 0 Å². The topological polar surface area (TPSA) is 33.4 Å². The van der Waals surface area contributed by atoms with Gasteiger partial charge in [0.1, 0.15) is 8.07 Å². The molecule has 0 saturated carbocycles. The molecule has 108 valence electrons. The van der Waals surface area contributed by atoms with Gasteiger partial charge in [0.15, 0.2) is 0 Å². The molecule has 0 spiro atoms. The van der Waals surface area contributed by atoms with E-state index < -0.39 is 8.07 Å². The summed E-state index contributed by atoms with van der Waals surface area (Å²) >= 11 is 0. The summed E-state index contributed by atoms with van der Waals surface area (Å²) in [5.74, 6) is 0. The van der Waals surface area contributed by atoms with E-state index in [2.05, 4.69) is 46.0 Å². The first kappa shape index (κ1) is 15.1. The van der Waals surface area contributed by atoms with Crippen LogP contribution in [-0.2, 0) is 6.61 Å². The predicted molar refractivity (Wildman–Crippen MR) is 86.9 cm³/mol. The average Bonchev–Trinajstić information content (AvgIpc) is 2.82. The molecule has 1 N–H and O–H groups in total. The zero-order chi connectivity index (χ0) is 15.0. The van der Waals surface area contributed by atoms with Gasteiger partial charge in [-0.05, 0) is 10.6 Å². The SMILES string of the molecule is CC(C)(C)[Si](C)(C)c1occ(-c2ccccc2)c1CO. The van der Waals surface area contributed by atoms with Crippen LogP contribution in [0.25, 0.3) is 11.1 Å². The van der Waals surface area contributed by atoms with Gasteiger partial charge in [-0.1, -0.05) is 64.2 Å². The Balaban J connectivity index is 2.57. The number of benzene rings is 1. The second kappa shape index (κ2) is 5.22. The Kier molecular flexibility index (Phi) is 3.94. The second-order valence-electron chi connectivity index (χ2n) is 6.86. The largest absolute Gasteiger partial charge is 0.473 e. The first-order valence-electron chi connectivity index (χ1n) is 7.06. The van der Waals surface area contributed by atoms with Crippen LogP contribution in [0.15, 0.2) is 41.0 Å². The monoisotopic (exact) mass is 288 g/mol. The molecule has 0 unspecified atom stereocenters. The summed E-state index contributed by atoms with van der Waals surface area (Å²) in [6.07, 6.45) is 1.80. The molecule has 2 rings (SSSR count). The van der Waals surface area contributed by atoms with Crippen LogP contribution < -0.4 is 5.38 Å². The summed E-state index contributed by atoms with van der Waals surface area (Å²) in [4.78, 5) is 0. The first-order valence-corrected chi connectivity index (χ1v) is 10.1. The van der Waals surface area contributed by atoms with Gasteiger partial charge < -0.3 is 9.52 Å². The van der Waals surface area contributed by atoms with Gasteiger partial charge in [-0.3, -0.25) is 0 Å². The first-order chi connectivity index (χ1) is 9.29. The molecule has 0 radical (unpaired) electrons. The van der Waals surface area contributed by atoms with E-state index in [1.54, 1.807) is 6.26 Å². The molecule has 0 fully saturated rings. The molecule has 2 aromatic rings. The lowest BCUT2D eigenvalue weighted by molar-refractivity contribution is 0.282. The fraction of sp³-hybridized carbons (Fsp3) is 0.412. The third-order valence-corrected chi connectivity index (χ3v) is 9.88. The maximum absolute atomic E-state index is 9.84. The third kappa shape index (κ3) is 2.48. The van der Waals surface area contributed by atoms with Crippen LogP contribution in [0.2, 0.25) is 18.1 Å². The minimum absolute atomic E-state index is 0.0303. The summed E-state index contributed by atoms with van der Waals surface area (Å²) in [5, 5.41) is 11.0. The van der Waals surface area contributed by atoms with Crippen molar-refractivity contribution < 1.29 is 9.52 Å². The second-order valence-corrected chi connectivity index (χ2v) is 12.1. The third-order valence-electron chi connectivity index (χ3n) is 4.58. The molecule has 20 heavy (non-hydrogen) atoms. The fourth-order valence-electron chi connectivity index (χ4n) is 2.26. The van der Waals surface area contributed by atoms with Gasteiger partial charge in [0.05, 0.1) is 18.3 Å². The maximum atomic E-state index is 9.84. The Bertz CT molecular complexity index is 577. The molecule has 0 bridgehead atoms.